The smallest absolute Gasteiger partial charge is 0.223 e. The molecule has 0 radical (unpaired) electrons. The van der Waals surface area contributed by atoms with Crippen molar-refractivity contribution in [3.8, 4) is 5.88 Å². The van der Waals surface area contributed by atoms with E-state index in [9.17, 15) is 4.79 Å². The van der Waals surface area contributed by atoms with Crippen LogP contribution in [0.3, 0.4) is 0 Å². The first-order valence-electron chi connectivity index (χ1n) is 8.62. The number of nitrogens with zero attached hydrogens (tertiary/aromatic N) is 2. The summed E-state index contributed by atoms with van der Waals surface area (Å²) in [4.78, 5) is 18.6. The fourth-order valence-electron chi connectivity index (χ4n) is 3.05. The SMILES string of the molecule is O=C(CCc1ccccc1)N1CC(Oc2ccc3ccccc3n2)C1. The average Bonchev–Trinajstić information content (AvgIpc) is 2.63. The number of carbonyl (C=O) groups excluding carboxylic acids is 1. The first kappa shape index (κ1) is 15.6. The van der Waals surface area contributed by atoms with Gasteiger partial charge >= 0.3 is 0 Å². The predicted molar refractivity (Wildman–Crippen MR) is 97.5 cm³/mol. The van der Waals surface area contributed by atoms with E-state index < -0.39 is 0 Å². The number of pyridine rings is 1. The third-order valence-corrected chi connectivity index (χ3v) is 4.53. The van der Waals surface area contributed by atoms with Gasteiger partial charge in [-0.1, -0.05) is 48.5 Å². The topological polar surface area (TPSA) is 42.4 Å². The Morgan fingerprint density at radius 3 is 2.60 bits per heavy atom. The second kappa shape index (κ2) is 6.93. The first-order valence-corrected chi connectivity index (χ1v) is 8.62. The summed E-state index contributed by atoms with van der Waals surface area (Å²) in [5.74, 6) is 0.815. The summed E-state index contributed by atoms with van der Waals surface area (Å²) >= 11 is 0. The Balaban J connectivity index is 1.27. The zero-order chi connectivity index (χ0) is 17.1. The number of hydrogen-bond acceptors (Lipinski definition) is 3. The molecule has 1 saturated heterocycles. The summed E-state index contributed by atoms with van der Waals surface area (Å²) in [6, 6.07) is 22.0. The number of rotatable bonds is 5. The van der Waals surface area contributed by atoms with Crippen molar-refractivity contribution < 1.29 is 9.53 Å². The zero-order valence-corrected chi connectivity index (χ0v) is 14.0. The van der Waals surface area contributed by atoms with Gasteiger partial charge in [0.15, 0.2) is 0 Å². The molecule has 1 aromatic heterocycles. The molecular formula is C21H20N2O2. The van der Waals surface area contributed by atoms with Gasteiger partial charge in [-0.2, -0.15) is 0 Å². The van der Waals surface area contributed by atoms with Gasteiger partial charge in [0.05, 0.1) is 18.6 Å². The second-order valence-corrected chi connectivity index (χ2v) is 6.37. The van der Waals surface area contributed by atoms with Crippen LogP contribution in [0.1, 0.15) is 12.0 Å². The molecule has 0 N–H and O–H groups in total. The van der Waals surface area contributed by atoms with Gasteiger partial charge in [0, 0.05) is 17.9 Å². The van der Waals surface area contributed by atoms with Gasteiger partial charge in [-0.3, -0.25) is 4.79 Å². The van der Waals surface area contributed by atoms with Crippen molar-refractivity contribution >= 4 is 16.8 Å². The van der Waals surface area contributed by atoms with Crippen LogP contribution in [0, 0.1) is 0 Å². The molecule has 0 atom stereocenters. The van der Waals surface area contributed by atoms with Crippen LogP contribution in [0.5, 0.6) is 5.88 Å². The van der Waals surface area contributed by atoms with Crippen LogP contribution in [-0.2, 0) is 11.2 Å². The summed E-state index contributed by atoms with van der Waals surface area (Å²) in [6.07, 6.45) is 1.37. The standard InChI is InChI=1S/C21H20N2O2/c24-21(13-10-16-6-2-1-3-7-16)23-14-18(15-23)25-20-12-11-17-8-4-5-9-19(17)22-20/h1-9,11-12,18H,10,13-15H2. The highest BCUT2D eigenvalue weighted by molar-refractivity contribution is 5.79. The minimum Gasteiger partial charge on any atom is -0.471 e. The number of aryl methyl sites for hydroxylation is 1. The van der Waals surface area contributed by atoms with Crippen LogP contribution in [0.15, 0.2) is 66.7 Å². The number of ether oxygens (including phenoxy) is 1. The van der Waals surface area contributed by atoms with Crippen molar-refractivity contribution in [2.45, 2.75) is 18.9 Å². The molecule has 1 fully saturated rings. The van der Waals surface area contributed by atoms with Crippen LogP contribution in [0.25, 0.3) is 10.9 Å². The van der Waals surface area contributed by atoms with Crippen molar-refractivity contribution in [3.63, 3.8) is 0 Å². The normalized spacial score (nSPS) is 14.3. The highest BCUT2D eigenvalue weighted by Gasteiger charge is 2.32. The largest absolute Gasteiger partial charge is 0.471 e. The molecule has 0 bridgehead atoms. The molecule has 0 unspecified atom stereocenters. The van der Waals surface area contributed by atoms with E-state index in [1.54, 1.807) is 0 Å². The number of aromatic nitrogens is 1. The molecule has 2 aromatic carbocycles. The quantitative estimate of drug-likeness (QED) is 0.718. The molecular weight excluding hydrogens is 312 g/mol. The molecule has 4 heteroatoms. The van der Waals surface area contributed by atoms with E-state index in [2.05, 4.69) is 17.1 Å². The fourth-order valence-corrected chi connectivity index (χ4v) is 3.05. The number of amides is 1. The molecule has 4 nitrogen and oxygen atoms in total. The number of likely N-dealkylation sites (tertiary alicyclic amines) is 1. The molecule has 0 spiro atoms. The number of para-hydroxylation sites is 1. The van der Waals surface area contributed by atoms with Gasteiger partial charge in [-0.15, -0.1) is 0 Å². The van der Waals surface area contributed by atoms with E-state index in [1.165, 1.54) is 5.56 Å². The predicted octanol–water partition coefficient (Wildman–Crippen LogP) is 3.46. The lowest BCUT2D eigenvalue weighted by Gasteiger charge is -2.38. The molecule has 126 valence electrons. The molecule has 4 rings (SSSR count). The Labute approximate surface area is 147 Å². The summed E-state index contributed by atoms with van der Waals surface area (Å²) in [6.45, 7) is 1.28. The maximum Gasteiger partial charge on any atom is 0.223 e. The second-order valence-electron chi connectivity index (χ2n) is 6.37. The number of carbonyl (C=O) groups is 1. The Morgan fingerprint density at radius 2 is 1.76 bits per heavy atom. The van der Waals surface area contributed by atoms with Crippen molar-refractivity contribution in [2.24, 2.45) is 0 Å². The van der Waals surface area contributed by atoms with Crippen molar-refractivity contribution in [3.05, 3.63) is 72.3 Å². The van der Waals surface area contributed by atoms with Gasteiger partial charge in [-0.25, -0.2) is 4.98 Å². The monoisotopic (exact) mass is 332 g/mol. The number of fused-ring (bicyclic) bond motifs is 1. The van der Waals surface area contributed by atoms with Crippen LogP contribution in [0.4, 0.5) is 0 Å². The molecule has 1 aliphatic rings. The maximum absolute atomic E-state index is 12.2. The number of benzene rings is 2. The molecule has 2 heterocycles. The van der Waals surface area contributed by atoms with Gasteiger partial charge < -0.3 is 9.64 Å². The lowest BCUT2D eigenvalue weighted by Crippen LogP contribution is -2.56. The van der Waals surface area contributed by atoms with E-state index in [1.807, 2.05) is 59.5 Å². The Hall–Kier alpha value is -2.88. The lowest BCUT2D eigenvalue weighted by molar-refractivity contribution is -0.140. The van der Waals surface area contributed by atoms with Crippen molar-refractivity contribution in [2.75, 3.05) is 13.1 Å². The Morgan fingerprint density at radius 1 is 1.00 bits per heavy atom. The summed E-state index contributed by atoms with van der Waals surface area (Å²) < 4.78 is 5.90. The molecule has 25 heavy (non-hydrogen) atoms. The Bertz CT molecular complexity index is 873. The van der Waals surface area contributed by atoms with Gasteiger partial charge in [0.2, 0.25) is 11.8 Å². The molecule has 3 aromatic rings. The van der Waals surface area contributed by atoms with Gasteiger partial charge in [-0.05, 0) is 24.1 Å². The van der Waals surface area contributed by atoms with Crippen molar-refractivity contribution in [1.82, 2.24) is 9.88 Å². The lowest BCUT2D eigenvalue weighted by atomic mass is 10.1. The fraction of sp³-hybridized carbons (Fsp3) is 0.238. The zero-order valence-electron chi connectivity index (χ0n) is 14.0. The highest BCUT2D eigenvalue weighted by Crippen LogP contribution is 2.20. The van der Waals surface area contributed by atoms with Crippen molar-refractivity contribution in [1.29, 1.82) is 0 Å². The Kier molecular flexibility index (Phi) is 4.34. The van der Waals surface area contributed by atoms with E-state index >= 15 is 0 Å². The minimum absolute atomic E-state index is 0.0364. The third kappa shape index (κ3) is 3.63. The molecule has 0 saturated carbocycles. The highest BCUT2D eigenvalue weighted by atomic mass is 16.5. The summed E-state index contributed by atoms with van der Waals surface area (Å²) in [7, 11) is 0. The van der Waals surface area contributed by atoms with E-state index in [-0.39, 0.29) is 12.0 Å². The van der Waals surface area contributed by atoms with E-state index in [0.29, 0.717) is 25.4 Å². The minimum atomic E-state index is 0.0364. The van der Waals surface area contributed by atoms with Crippen LogP contribution < -0.4 is 4.74 Å². The van der Waals surface area contributed by atoms with E-state index in [4.69, 9.17) is 4.74 Å². The first-order chi connectivity index (χ1) is 12.3. The average molecular weight is 332 g/mol. The molecule has 0 aliphatic carbocycles. The summed E-state index contributed by atoms with van der Waals surface area (Å²) in [5, 5.41) is 1.10. The number of hydrogen-bond donors (Lipinski definition) is 0. The maximum atomic E-state index is 12.2. The molecule has 1 amide bonds. The van der Waals surface area contributed by atoms with E-state index in [0.717, 1.165) is 17.3 Å². The van der Waals surface area contributed by atoms with Crippen LogP contribution in [0.2, 0.25) is 0 Å². The van der Waals surface area contributed by atoms with Gasteiger partial charge in [0.1, 0.15) is 6.10 Å². The summed E-state index contributed by atoms with van der Waals surface area (Å²) in [5.41, 5.74) is 2.12. The van der Waals surface area contributed by atoms with Gasteiger partial charge in [0.25, 0.3) is 0 Å². The third-order valence-electron chi connectivity index (χ3n) is 4.53. The van der Waals surface area contributed by atoms with Crippen LogP contribution in [-0.4, -0.2) is 35.0 Å². The molecule has 1 aliphatic heterocycles. The van der Waals surface area contributed by atoms with Crippen LogP contribution >= 0.6 is 0 Å².